The third-order valence-electron chi connectivity index (χ3n) is 4.73. The van der Waals surface area contributed by atoms with Gasteiger partial charge in [0, 0.05) is 35.1 Å². The van der Waals surface area contributed by atoms with Crippen molar-refractivity contribution >= 4 is 33.1 Å². The first kappa shape index (κ1) is 18.5. The first-order chi connectivity index (χ1) is 14.3. The number of anilines is 1. The van der Waals surface area contributed by atoms with Gasteiger partial charge in [-0.25, -0.2) is 15.0 Å². The maximum atomic E-state index is 13.1. The van der Waals surface area contributed by atoms with Crippen molar-refractivity contribution in [1.29, 1.82) is 0 Å². The van der Waals surface area contributed by atoms with Crippen molar-refractivity contribution in [3.8, 4) is 11.3 Å². The number of carbonyl (C=O) groups excluding carboxylic acids is 1. The average molecular weight is 431 g/mol. The second kappa shape index (κ2) is 6.49. The van der Waals surface area contributed by atoms with E-state index in [1.54, 1.807) is 25.5 Å². The first-order valence-electron chi connectivity index (χ1n) is 8.70. The Morgan fingerprint density at radius 3 is 2.67 bits per heavy atom. The fourth-order valence-electron chi connectivity index (χ4n) is 3.43. The first-order valence-corrected chi connectivity index (χ1v) is 9.52. The summed E-state index contributed by atoms with van der Waals surface area (Å²) in [6, 6.07) is 0.989. The number of carbonyl (C=O) groups is 1. The summed E-state index contributed by atoms with van der Waals surface area (Å²) < 4.78 is 39.4. The number of nitrogens with one attached hydrogen (secondary N) is 3. The molecule has 0 radical (unpaired) electrons. The number of hydrogen-bond acceptors (Lipinski definition) is 7. The summed E-state index contributed by atoms with van der Waals surface area (Å²) >= 11 is 0.923. The number of alkyl halides is 3. The normalized spacial score (nSPS) is 16.3. The van der Waals surface area contributed by atoms with Crippen LogP contribution in [0.25, 0.3) is 21.5 Å². The Hall–Kier alpha value is -3.54. The molecule has 1 unspecified atom stereocenters. The standard InChI is InChI=1S/C18H12F3N7OS/c1-7-2-10(18(19,20)21)25-17-11(7)13-14(30-17)16(29)27-15(26-13)9-5-24-28-12(9)8-3-22-6-23-4-8/h2-6,15,26H,1H3,(H,24,28)(H,27,29). The van der Waals surface area contributed by atoms with Crippen LogP contribution in [0.3, 0.4) is 0 Å². The number of thiophene rings is 1. The largest absolute Gasteiger partial charge is 0.433 e. The summed E-state index contributed by atoms with van der Waals surface area (Å²) in [6.45, 7) is 1.57. The van der Waals surface area contributed by atoms with Crippen LogP contribution < -0.4 is 10.6 Å². The van der Waals surface area contributed by atoms with Gasteiger partial charge in [-0.15, -0.1) is 11.3 Å². The molecule has 0 aromatic carbocycles. The van der Waals surface area contributed by atoms with Crippen molar-refractivity contribution in [3.05, 3.63) is 52.7 Å². The molecule has 0 aliphatic carbocycles. The van der Waals surface area contributed by atoms with Gasteiger partial charge in [0.25, 0.3) is 5.91 Å². The van der Waals surface area contributed by atoms with Crippen molar-refractivity contribution in [2.75, 3.05) is 5.32 Å². The van der Waals surface area contributed by atoms with Crippen LogP contribution in [0.15, 0.2) is 31.0 Å². The molecule has 1 amide bonds. The van der Waals surface area contributed by atoms with Crippen LogP contribution in [-0.4, -0.2) is 31.1 Å². The van der Waals surface area contributed by atoms with Gasteiger partial charge in [0.2, 0.25) is 0 Å². The van der Waals surface area contributed by atoms with Crippen molar-refractivity contribution in [1.82, 2.24) is 30.5 Å². The summed E-state index contributed by atoms with van der Waals surface area (Å²) in [6.07, 6.45) is 0.993. The molecular formula is C18H12F3N7OS. The van der Waals surface area contributed by atoms with Crippen LogP contribution in [0.1, 0.15) is 32.7 Å². The highest BCUT2D eigenvalue weighted by atomic mass is 32.1. The van der Waals surface area contributed by atoms with Crippen molar-refractivity contribution in [3.63, 3.8) is 0 Å². The molecular weight excluding hydrogens is 419 g/mol. The zero-order valence-corrected chi connectivity index (χ0v) is 16.0. The predicted molar refractivity (Wildman–Crippen MR) is 103 cm³/mol. The van der Waals surface area contributed by atoms with Crippen LogP contribution in [-0.2, 0) is 6.18 Å². The van der Waals surface area contributed by atoms with E-state index in [9.17, 15) is 18.0 Å². The van der Waals surface area contributed by atoms with Crippen molar-refractivity contribution in [2.45, 2.75) is 19.3 Å². The smallest absolute Gasteiger partial charge is 0.360 e. The van der Waals surface area contributed by atoms with E-state index in [0.29, 0.717) is 33.5 Å². The molecule has 5 rings (SSSR count). The molecule has 5 heterocycles. The monoisotopic (exact) mass is 431 g/mol. The fourth-order valence-corrected chi connectivity index (χ4v) is 4.55. The van der Waals surface area contributed by atoms with Gasteiger partial charge < -0.3 is 10.6 Å². The summed E-state index contributed by atoms with van der Waals surface area (Å²) in [5.74, 6) is -0.402. The van der Waals surface area contributed by atoms with Crippen LogP contribution in [0.2, 0.25) is 0 Å². The Kier molecular flexibility index (Phi) is 4.00. The van der Waals surface area contributed by atoms with E-state index in [2.05, 4.69) is 35.8 Å². The summed E-state index contributed by atoms with van der Waals surface area (Å²) in [4.78, 5) is 24.9. The Morgan fingerprint density at radius 2 is 1.93 bits per heavy atom. The van der Waals surface area contributed by atoms with Gasteiger partial charge in [-0.1, -0.05) is 0 Å². The molecule has 0 spiro atoms. The Labute approximate surface area is 170 Å². The molecule has 4 aromatic heterocycles. The van der Waals surface area contributed by atoms with Crippen LogP contribution in [0.5, 0.6) is 0 Å². The zero-order chi connectivity index (χ0) is 21.0. The molecule has 0 fully saturated rings. The Balaban J connectivity index is 1.60. The highest BCUT2D eigenvalue weighted by Crippen LogP contribution is 2.43. The minimum absolute atomic E-state index is 0.152. The maximum absolute atomic E-state index is 13.1. The lowest BCUT2D eigenvalue weighted by Gasteiger charge is -2.26. The van der Waals surface area contributed by atoms with Crippen LogP contribution in [0, 0.1) is 6.92 Å². The van der Waals surface area contributed by atoms with Gasteiger partial charge in [-0.2, -0.15) is 18.3 Å². The lowest BCUT2D eigenvalue weighted by atomic mass is 10.1. The molecule has 1 aliphatic heterocycles. The fraction of sp³-hybridized carbons (Fsp3) is 0.167. The highest BCUT2D eigenvalue weighted by molar-refractivity contribution is 7.21. The number of halogens is 3. The van der Waals surface area contributed by atoms with E-state index >= 15 is 0 Å². The van der Waals surface area contributed by atoms with Crippen molar-refractivity contribution in [2.24, 2.45) is 0 Å². The van der Waals surface area contributed by atoms with Gasteiger partial charge in [-0.3, -0.25) is 9.89 Å². The molecule has 3 N–H and O–H groups in total. The summed E-state index contributed by atoms with van der Waals surface area (Å²) in [7, 11) is 0. The molecule has 1 aliphatic rings. The second-order valence-corrected chi connectivity index (χ2v) is 7.67. The second-order valence-electron chi connectivity index (χ2n) is 6.68. The Bertz CT molecular complexity index is 1280. The number of hydrogen-bond donors (Lipinski definition) is 3. The van der Waals surface area contributed by atoms with E-state index in [1.165, 1.54) is 6.33 Å². The van der Waals surface area contributed by atoms with E-state index < -0.39 is 23.9 Å². The van der Waals surface area contributed by atoms with E-state index in [-0.39, 0.29) is 9.71 Å². The number of pyridine rings is 1. The summed E-state index contributed by atoms with van der Waals surface area (Å²) in [5, 5.41) is 13.5. The van der Waals surface area contributed by atoms with Gasteiger partial charge >= 0.3 is 6.18 Å². The summed E-state index contributed by atoms with van der Waals surface area (Å²) in [5.41, 5.74) is 1.70. The molecule has 8 nitrogen and oxygen atoms in total. The van der Waals surface area contributed by atoms with Gasteiger partial charge in [0.1, 0.15) is 33.6 Å². The van der Waals surface area contributed by atoms with Crippen LogP contribution in [0.4, 0.5) is 18.9 Å². The molecule has 4 aromatic rings. The molecule has 0 saturated carbocycles. The Morgan fingerprint density at radius 1 is 1.17 bits per heavy atom. The third kappa shape index (κ3) is 2.87. The lowest BCUT2D eigenvalue weighted by Crippen LogP contribution is -2.37. The lowest BCUT2D eigenvalue weighted by molar-refractivity contribution is -0.141. The molecule has 30 heavy (non-hydrogen) atoms. The van der Waals surface area contributed by atoms with Gasteiger partial charge in [0.15, 0.2) is 0 Å². The molecule has 0 saturated heterocycles. The number of nitrogens with zero attached hydrogens (tertiary/aromatic N) is 4. The number of rotatable bonds is 2. The third-order valence-corrected chi connectivity index (χ3v) is 5.82. The predicted octanol–water partition coefficient (Wildman–Crippen LogP) is 3.66. The minimum atomic E-state index is -4.56. The van der Waals surface area contributed by atoms with E-state index in [1.807, 2.05) is 0 Å². The molecule has 0 bridgehead atoms. The number of aromatic nitrogens is 5. The number of aryl methyl sites for hydroxylation is 1. The van der Waals surface area contributed by atoms with Crippen molar-refractivity contribution < 1.29 is 18.0 Å². The number of H-pyrrole nitrogens is 1. The van der Waals surface area contributed by atoms with Gasteiger partial charge in [-0.05, 0) is 18.6 Å². The average Bonchev–Trinajstić information content (AvgIpc) is 3.33. The highest BCUT2D eigenvalue weighted by Gasteiger charge is 2.36. The van der Waals surface area contributed by atoms with E-state index in [4.69, 9.17) is 0 Å². The topological polar surface area (TPSA) is 108 Å². The molecule has 1 atom stereocenters. The maximum Gasteiger partial charge on any atom is 0.433 e. The van der Waals surface area contributed by atoms with Crippen LogP contribution >= 0.6 is 11.3 Å². The number of fused-ring (bicyclic) bond motifs is 3. The number of amides is 1. The molecule has 152 valence electrons. The minimum Gasteiger partial charge on any atom is -0.360 e. The number of aromatic amines is 1. The van der Waals surface area contributed by atoms with Gasteiger partial charge in [0.05, 0.1) is 5.69 Å². The van der Waals surface area contributed by atoms with E-state index in [0.717, 1.165) is 17.4 Å². The zero-order valence-electron chi connectivity index (χ0n) is 15.2. The quantitative estimate of drug-likeness (QED) is 0.447. The SMILES string of the molecule is Cc1cc(C(F)(F)F)nc2sc3c(c12)NC(c1c[nH]nc1-c1cncnc1)NC3=O. The molecule has 12 heteroatoms.